The lowest BCUT2D eigenvalue weighted by Crippen LogP contribution is -2.38. The maximum atomic E-state index is 12.6. The summed E-state index contributed by atoms with van der Waals surface area (Å²) in [4.78, 5) is 0.289. The summed E-state index contributed by atoms with van der Waals surface area (Å²) in [6, 6.07) is 4.85. The smallest absolute Gasteiger partial charge is 0.207 e. The van der Waals surface area contributed by atoms with Crippen LogP contribution in [-0.4, -0.2) is 25.8 Å². The van der Waals surface area contributed by atoms with Crippen molar-refractivity contribution in [3.63, 3.8) is 0 Å². The Kier molecular flexibility index (Phi) is 4.93. The van der Waals surface area contributed by atoms with E-state index in [0.29, 0.717) is 9.50 Å². The third-order valence-electron chi connectivity index (χ3n) is 3.66. The van der Waals surface area contributed by atoms with Gasteiger partial charge >= 0.3 is 0 Å². The van der Waals surface area contributed by atoms with Crippen molar-refractivity contribution >= 4 is 37.6 Å². The van der Waals surface area contributed by atoms with Crippen LogP contribution in [0.1, 0.15) is 32.1 Å². The number of hydrogen-bond acceptors (Lipinski definition) is 2. The molecule has 1 fully saturated rings. The van der Waals surface area contributed by atoms with E-state index in [2.05, 4.69) is 15.9 Å². The standard InChI is InChI=1S/C13H17BrClNO2S/c1-16(10-5-3-2-4-6-10)19(17,18)11-7-8-13(15)12(14)9-11/h7-10H,2-6H2,1H3. The Bertz CT molecular complexity index is 556. The van der Waals surface area contributed by atoms with Gasteiger partial charge in [-0.2, -0.15) is 4.31 Å². The Morgan fingerprint density at radius 1 is 1.26 bits per heavy atom. The number of benzene rings is 1. The molecule has 0 aliphatic heterocycles. The van der Waals surface area contributed by atoms with Crippen LogP contribution in [0.3, 0.4) is 0 Å². The van der Waals surface area contributed by atoms with Crippen molar-refractivity contribution in [2.24, 2.45) is 0 Å². The van der Waals surface area contributed by atoms with Crippen molar-refractivity contribution in [3.05, 3.63) is 27.7 Å². The van der Waals surface area contributed by atoms with Crippen molar-refractivity contribution in [1.82, 2.24) is 4.31 Å². The molecule has 1 saturated carbocycles. The van der Waals surface area contributed by atoms with Crippen LogP contribution in [0.25, 0.3) is 0 Å². The zero-order valence-corrected chi connectivity index (χ0v) is 13.9. The Balaban J connectivity index is 2.27. The van der Waals surface area contributed by atoms with E-state index in [0.717, 1.165) is 25.7 Å². The highest BCUT2D eigenvalue weighted by Gasteiger charge is 2.29. The number of sulfonamides is 1. The molecule has 1 aromatic carbocycles. The van der Waals surface area contributed by atoms with E-state index < -0.39 is 10.0 Å². The molecular formula is C13H17BrClNO2S. The normalized spacial score (nSPS) is 17.9. The van der Waals surface area contributed by atoms with Gasteiger partial charge in [0.2, 0.25) is 10.0 Å². The summed E-state index contributed by atoms with van der Waals surface area (Å²) in [6.07, 6.45) is 5.32. The fourth-order valence-corrected chi connectivity index (χ4v) is 4.53. The highest BCUT2D eigenvalue weighted by Crippen LogP contribution is 2.29. The van der Waals surface area contributed by atoms with Gasteiger partial charge in [0.05, 0.1) is 9.92 Å². The maximum Gasteiger partial charge on any atom is 0.243 e. The number of nitrogens with zero attached hydrogens (tertiary/aromatic N) is 1. The van der Waals surface area contributed by atoms with Crippen LogP contribution in [0.4, 0.5) is 0 Å². The van der Waals surface area contributed by atoms with Crippen molar-refractivity contribution in [2.75, 3.05) is 7.05 Å². The van der Waals surface area contributed by atoms with Gasteiger partial charge in [0.25, 0.3) is 0 Å². The molecule has 0 N–H and O–H groups in total. The molecule has 0 atom stereocenters. The van der Waals surface area contributed by atoms with Gasteiger partial charge in [0, 0.05) is 17.6 Å². The first kappa shape index (κ1) is 15.3. The van der Waals surface area contributed by atoms with E-state index >= 15 is 0 Å². The van der Waals surface area contributed by atoms with E-state index in [1.807, 2.05) is 0 Å². The Hall–Kier alpha value is -0.100. The van der Waals surface area contributed by atoms with Gasteiger partial charge < -0.3 is 0 Å². The van der Waals surface area contributed by atoms with Crippen LogP contribution in [0.2, 0.25) is 5.02 Å². The minimum absolute atomic E-state index is 0.119. The number of halogens is 2. The van der Waals surface area contributed by atoms with Gasteiger partial charge in [-0.25, -0.2) is 8.42 Å². The van der Waals surface area contributed by atoms with Crippen molar-refractivity contribution in [3.8, 4) is 0 Å². The number of rotatable bonds is 3. The highest BCUT2D eigenvalue weighted by atomic mass is 79.9. The van der Waals surface area contributed by atoms with Crippen molar-refractivity contribution in [2.45, 2.75) is 43.0 Å². The second kappa shape index (κ2) is 6.12. The van der Waals surface area contributed by atoms with Gasteiger partial charge in [-0.1, -0.05) is 30.9 Å². The molecule has 0 heterocycles. The third kappa shape index (κ3) is 3.32. The molecule has 106 valence electrons. The van der Waals surface area contributed by atoms with Crippen LogP contribution in [0.5, 0.6) is 0 Å². The summed E-state index contributed by atoms with van der Waals surface area (Å²) < 4.78 is 27.2. The van der Waals surface area contributed by atoms with Crippen LogP contribution < -0.4 is 0 Å². The van der Waals surface area contributed by atoms with Gasteiger partial charge in [0.1, 0.15) is 0 Å². The lowest BCUT2D eigenvalue weighted by Gasteiger charge is -2.30. The van der Waals surface area contributed by atoms with Crippen LogP contribution in [0.15, 0.2) is 27.6 Å². The third-order valence-corrected chi connectivity index (χ3v) is 6.78. The Morgan fingerprint density at radius 3 is 2.47 bits per heavy atom. The molecule has 0 bridgehead atoms. The summed E-state index contributed by atoms with van der Waals surface area (Å²) in [5, 5.41) is 0.513. The molecule has 3 nitrogen and oxygen atoms in total. The zero-order valence-electron chi connectivity index (χ0n) is 10.8. The second-order valence-corrected chi connectivity index (χ2v) is 8.15. The summed E-state index contributed by atoms with van der Waals surface area (Å²) >= 11 is 9.17. The molecule has 1 aliphatic carbocycles. The molecular weight excluding hydrogens is 350 g/mol. The molecule has 6 heteroatoms. The molecule has 0 spiro atoms. The fraction of sp³-hybridized carbons (Fsp3) is 0.538. The van der Waals surface area contributed by atoms with Gasteiger partial charge in [0.15, 0.2) is 0 Å². The largest absolute Gasteiger partial charge is 0.243 e. The van der Waals surface area contributed by atoms with Gasteiger partial charge in [-0.05, 0) is 47.0 Å². The second-order valence-electron chi connectivity index (χ2n) is 4.89. The number of hydrogen-bond donors (Lipinski definition) is 0. The molecule has 1 aromatic rings. The molecule has 1 aliphatic rings. The van der Waals surface area contributed by atoms with Crippen LogP contribution >= 0.6 is 27.5 Å². The van der Waals surface area contributed by atoms with Crippen LogP contribution in [-0.2, 0) is 10.0 Å². The Morgan fingerprint density at radius 2 is 1.89 bits per heavy atom. The average molecular weight is 367 g/mol. The predicted molar refractivity (Wildman–Crippen MR) is 81.0 cm³/mol. The Labute approximate surface area is 128 Å². The lowest BCUT2D eigenvalue weighted by atomic mass is 9.96. The predicted octanol–water partition coefficient (Wildman–Crippen LogP) is 4.06. The molecule has 2 rings (SSSR count). The quantitative estimate of drug-likeness (QED) is 0.809. The van der Waals surface area contributed by atoms with E-state index in [4.69, 9.17) is 11.6 Å². The molecule has 0 unspecified atom stereocenters. The topological polar surface area (TPSA) is 37.4 Å². The zero-order chi connectivity index (χ0) is 14.0. The van der Waals surface area contributed by atoms with E-state index in [9.17, 15) is 8.42 Å². The fourth-order valence-electron chi connectivity index (χ4n) is 2.44. The first-order chi connectivity index (χ1) is 8.93. The summed E-state index contributed by atoms with van der Waals surface area (Å²) in [5.41, 5.74) is 0. The van der Waals surface area contributed by atoms with Gasteiger partial charge in [-0.3, -0.25) is 0 Å². The average Bonchev–Trinajstić information content (AvgIpc) is 2.41. The first-order valence-electron chi connectivity index (χ1n) is 6.36. The molecule has 19 heavy (non-hydrogen) atoms. The maximum absolute atomic E-state index is 12.6. The first-order valence-corrected chi connectivity index (χ1v) is 8.97. The minimum Gasteiger partial charge on any atom is -0.207 e. The van der Waals surface area contributed by atoms with Gasteiger partial charge in [-0.15, -0.1) is 0 Å². The highest BCUT2D eigenvalue weighted by molar-refractivity contribution is 9.10. The monoisotopic (exact) mass is 365 g/mol. The minimum atomic E-state index is -3.43. The van der Waals surface area contributed by atoms with E-state index in [1.165, 1.54) is 10.7 Å². The molecule has 0 radical (unpaired) electrons. The molecule has 0 saturated heterocycles. The summed E-state index contributed by atoms with van der Waals surface area (Å²) in [7, 11) is -1.76. The molecule has 0 amide bonds. The molecule has 0 aromatic heterocycles. The lowest BCUT2D eigenvalue weighted by molar-refractivity contribution is 0.286. The SMILES string of the molecule is CN(C1CCCCC1)S(=O)(=O)c1ccc(Cl)c(Br)c1. The van der Waals surface area contributed by atoms with Crippen molar-refractivity contribution < 1.29 is 8.42 Å². The van der Waals surface area contributed by atoms with Crippen LogP contribution in [0, 0.1) is 0 Å². The summed E-state index contributed by atoms with van der Waals surface area (Å²) in [6.45, 7) is 0. The summed E-state index contributed by atoms with van der Waals surface area (Å²) in [5.74, 6) is 0. The van der Waals surface area contributed by atoms with Crippen molar-refractivity contribution in [1.29, 1.82) is 0 Å². The van der Waals surface area contributed by atoms with E-state index in [-0.39, 0.29) is 10.9 Å². The van der Waals surface area contributed by atoms with E-state index in [1.54, 1.807) is 25.2 Å².